The molecule has 0 aromatic carbocycles. The molecule has 0 radical (unpaired) electrons. The summed E-state index contributed by atoms with van der Waals surface area (Å²) in [4.78, 5) is 24.3. The van der Waals surface area contributed by atoms with Gasteiger partial charge in [0.05, 0.1) is 25.2 Å². The number of carboxylic acids is 1. The van der Waals surface area contributed by atoms with Crippen molar-refractivity contribution in [3.05, 3.63) is 0 Å². The van der Waals surface area contributed by atoms with Gasteiger partial charge in [0.15, 0.2) is 0 Å². The van der Waals surface area contributed by atoms with Gasteiger partial charge in [-0.25, -0.2) is 4.79 Å². The number of aliphatic hydroxyl groups is 4. The lowest BCUT2D eigenvalue weighted by atomic mass is 9.93. The molecule has 2 heterocycles. The molecule has 0 saturated carbocycles. The molecule has 5 N–H and O–H groups in total. The van der Waals surface area contributed by atoms with Crippen molar-refractivity contribution in [2.24, 2.45) is 5.92 Å². The summed E-state index contributed by atoms with van der Waals surface area (Å²) in [6.45, 7) is 0.264. The van der Waals surface area contributed by atoms with Crippen LogP contribution in [-0.2, 0) is 14.3 Å². The first-order valence-corrected chi connectivity index (χ1v) is 8.80. The lowest BCUT2D eigenvalue weighted by molar-refractivity contribution is -0.230. The zero-order valence-corrected chi connectivity index (χ0v) is 14.4. The standard InChI is InChI=1S/C16H27NO9/c18-8-11-13(20)14(21)12(19)10(26-11)2-1-7-25-16(24)17-5-3-9(4-6-17)15(22)23/h9-14,18-21H,1-8H2,(H,22,23)/t10-,11?,12?,13?,14?/m0/s1. The van der Waals surface area contributed by atoms with Crippen molar-refractivity contribution in [3.8, 4) is 0 Å². The van der Waals surface area contributed by atoms with Gasteiger partial charge in [0.2, 0.25) is 0 Å². The molecule has 2 saturated heterocycles. The third-order valence-corrected chi connectivity index (χ3v) is 4.95. The molecule has 2 aliphatic heterocycles. The summed E-state index contributed by atoms with van der Waals surface area (Å²) in [5.41, 5.74) is 0. The predicted octanol–water partition coefficient (Wildman–Crippen LogP) is -1.46. The molecule has 0 bridgehead atoms. The van der Waals surface area contributed by atoms with Gasteiger partial charge in [0.25, 0.3) is 0 Å². The van der Waals surface area contributed by atoms with Crippen LogP contribution in [0.5, 0.6) is 0 Å². The molecule has 2 fully saturated rings. The maximum atomic E-state index is 12.0. The zero-order valence-electron chi connectivity index (χ0n) is 14.4. The lowest BCUT2D eigenvalue weighted by Crippen LogP contribution is -2.58. The highest BCUT2D eigenvalue weighted by Gasteiger charge is 2.42. The van der Waals surface area contributed by atoms with E-state index in [4.69, 9.17) is 19.7 Å². The van der Waals surface area contributed by atoms with Crippen molar-refractivity contribution >= 4 is 12.1 Å². The summed E-state index contributed by atoms with van der Waals surface area (Å²) in [5, 5.41) is 47.4. The molecule has 2 aliphatic rings. The van der Waals surface area contributed by atoms with Gasteiger partial charge >= 0.3 is 12.1 Å². The van der Waals surface area contributed by atoms with E-state index in [1.165, 1.54) is 4.90 Å². The Morgan fingerprint density at radius 2 is 1.65 bits per heavy atom. The van der Waals surface area contributed by atoms with Gasteiger partial charge in [0.1, 0.15) is 24.4 Å². The van der Waals surface area contributed by atoms with Crippen molar-refractivity contribution in [3.63, 3.8) is 0 Å². The van der Waals surface area contributed by atoms with Crippen molar-refractivity contribution in [1.82, 2.24) is 4.90 Å². The van der Waals surface area contributed by atoms with Gasteiger partial charge in [-0.15, -0.1) is 0 Å². The van der Waals surface area contributed by atoms with Crippen LogP contribution in [0.25, 0.3) is 0 Å². The first-order chi connectivity index (χ1) is 12.3. The summed E-state index contributed by atoms with van der Waals surface area (Å²) >= 11 is 0. The summed E-state index contributed by atoms with van der Waals surface area (Å²) in [5.74, 6) is -1.28. The first-order valence-electron chi connectivity index (χ1n) is 8.80. The number of ether oxygens (including phenoxy) is 2. The summed E-state index contributed by atoms with van der Waals surface area (Å²) in [7, 11) is 0. The van der Waals surface area contributed by atoms with Crippen LogP contribution in [-0.4, -0.2) is 99.3 Å². The molecule has 4 unspecified atom stereocenters. The van der Waals surface area contributed by atoms with Crippen molar-refractivity contribution in [2.45, 2.75) is 56.2 Å². The van der Waals surface area contributed by atoms with E-state index >= 15 is 0 Å². The number of likely N-dealkylation sites (tertiary alicyclic amines) is 1. The summed E-state index contributed by atoms with van der Waals surface area (Å²) in [6, 6.07) is 0. The molecule has 0 aromatic rings. The average molecular weight is 377 g/mol. The first kappa shape index (κ1) is 20.8. The SMILES string of the molecule is O=C(O)C1CCN(C(=O)OCCC[C@@H]2OC(CO)C(O)C(O)C2O)CC1. The lowest BCUT2D eigenvalue weighted by Gasteiger charge is -2.40. The minimum Gasteiger partial charge on any atom is -0.481 e. The Hall–Kier alpha value is -1.46. The molecule has 26 heavy (non-hydrogen) atoms. The van der Waals surface area contributed by atoms with E-state index in [0.29, 0.717) is 32.4 Å². The highest BCUT2D eigenvalue weighted by Crippen LogP contribution is 2.24. The molecular formula is C16H27NO9. The number of rotatable bonds is 6. The van der Waals surface area contributed by atoms with Crippen LogP contribution in [0.15, 0.2) is 0 Å². The molecule has 1 amide bonds. The molecule has 5 atom stereocenters. The topological polar surface area (TPSA) is 157 Å². The second-order valence-electron chi connectivity index (χ2n) is 6.72. The number of amides is 1. The van der Waals surface area contributed by atoms with Gasteiger partial charge in [-0.2, -0.15) is 0 Å². The van der Waals surface area contributed by atoms with E-state index in [1.54, 1.807) is 0 Å². The third-order valence-electron chi connectivity index (χ3n) is 4.95. The van der Waals surface area contributed by atoms with Crippen molar-refractivity contribution < 1.29 is 44.6 Å². The van der Waals surface area contributed by atoms with Gasteiger partial charge in [0, 0.05) is 13.1 Å². The number of piperidine rings is 1. The molecule has 0 spiro atoms. The molecule has 150 valence electrons. The van der Waals surface area contributed by atoms with E-state index in [-0.39, 0.29) is 13.0 Å². The fourth-order valence-electron chi connectivity index (χ4n) is 3.26. The van der Waals surface area contributed by atoms with E-state index in [9.17, 15) is 24.9 Å². The Morgan fingerprint density at radius 3 is 2.23 bits per heavy atom. The van der Waals surface area contributed by atoms with Gasteiger partial charge in [-0.3, -0.25) is 4.79 Å². The van der Waals surface area contributed by atoms with Crippen LogP contribution in [0.1, 0.15) is 25.7 Å². The number of carbonyl (C=O) groups is 2. The number of nitrogens with zero attached hydrogens (tertiary/aromatic N) is 1. The second kappa shape index (κ2) is 9.47. The molecular weight excluding hydrogens is 350 g/mol. The summed E-state index contributed by atoms with van der Waals surface area (Å²) < 4.78 is 10.5. The van der Waals surface area contributed by atoms with Crippen LogP contribution in [0, 0.1) is 5.92 Å². The number of hydrogen-bond donors (Lipinski definition) is 5. The van der Waals surface area contributed by atoms with E-state index in [1.807, 2.05) is 0 Å². The van der Waals surface area contributed by atoms with Crippen LogP contribution in [0.3, 0.4) is 0 Å². The Morgan fingerprint density at radius 1 is 1.04 bits per heavy atom. The maximum absolute atomic E-state index is 12.0. The van der Waals surface area contributed by atoms with Crippen molar-refractivity contribution in [2.75, 3.05) is 26.3 Å². The van der Waals surface area contributed by atoms with E-state index in [2.05, 4.69) is 0 Å². The fraction of sp³-hybridized carbons (Fsp3) is 0.875. The number of aliphatic hydroxyl groups excluding tert-OH is 4. The molecule has 2 rings (SSSR count). The number of carboxylic acid groups (broad SMARTS) is 1. The quantitative estimate of drug-likeness (QED) is 0.349. The van der Waals surface area contributed by atoms with Crippen LogP contribution in [0.2, 0.25) is 0 Å². The maximum Gasteiger partial charge on any atom is 0.409 e. The third kappa shape index (κ3) is 5.04. The van der Waals surface area contributed by atoms with Gasteiger partial charge in [-0.1, -0.05) is 0 Å². The monoisotopic (exact) mass is 377 g/mol. The highest BCUT2D eigenvalue weighted by molar-refractivity contribution is 5.71. The Labute approximate surface area is 150 Å². The van der Waals surface area contributed by atoms with Gasteiger partial charge < -0.3 is 39.9 Å². The van der Waals surface area contributed by atoms with Crippen LogP contribution in [0.4, 0.5) is 4.79 Å². The average Bonchev–Trinajstić information content (AvgIpc) is 2.64. The van der Waals surface area contributed by atoms with E-state index in [0.717, 1.165) is 0 Å². The van der Waals surface area contributed by atoms with E-state index < -0.39 is 55.1 Å². The molecule has 10 nitrogen and oxygen atoms in total. The molecule has 10 heteroatoms. The normalized spacial score (nSPS) is 33.1. The van der Waals surface area contributed by atoms with Crippen LogP contribution >= 0.6 is 0 Å². The highest BCUT2D eigenvalue weighted by atomic mass is 16.6. The van der Waals surface area contributed by atoms with Gasteiger partial charge in [-0.05, 0) is 25.7 Å². The largest absolute Gasteiger partial charge is 0.481 e. The predicted molar refractivity (Wildman–Crippen MR) is 86.3 cm³/mol. The smallest absolute Gasteiger partial charge is 0.409 e. The Kier molecular flexibility index (Phi) is 7.59. The number of hydrogen-bond acceptors (Lipinski definition) is 8. The van der Waals surface area contributed by atoms with Crippen molar-refractivity contribution in [1.29, 1.82) is 0 Å². The second-order valence-corrected chi connectivity index (χ2v) is 6.72. The van der Waals surface area contributed by atoms with Crippen LogP contribution < -0.4 is 0 Å². The zero-order chi connectivity index (χ0) is 19.3. The minimum atomic E-state index is -1.41. The Bertz CT molecular complexity index is 478. The Balaban J connectivity index is 1.68. The number of aliphatic carboxylic acids is 1. The molecule has 0 aliphatic carbocycles. The number of carbonyl (C=O) groups excluding carboxylic acids is 1. The fourth-order valence-corrected chi connectivity index (χ4v) is 3.26. The summed E-state index contributed by atoms with van der Waals surface area (Å²) in [6.07, 6.45) is -4.91. The molecule has 0 aromatic heterocycles. The minimum absolute atomic E-state index is 0.0761.